The smallest absolute Gasteiger partial charge is 0.290 e. The summed E-state index contributed by atoms with van der Waals surface area (Å²) in [6, 6.07) is 3.37. The largest absolute Gasteiger partial charge is 0.382 e. The third-order valence-electron chi connectivity index (χ3n) is 2.41. The highest BCUT2D eigenvalue weighted by Crippen LogP contribution is 2.20. The molecule has 0 radical (unpaired) electrons. The van der Waals surface area contributed by atoms with Gasteiger partial charge < -0.3 is 5.73 Å². The Labute approximate surface area is 101 Å². The van der Waals surface area contributed by atoms with E-state index in [4.69, 9.17) is 11.0 Å². The van der Waals surface area contributed by atoms with Gasteiger partial charge in [0.15, 0.2) is 5.82 Å². The second-order valence-electron chi connectivity index (χ2n) is 3.55. The van der Waals surface area contributed by atoms with Gasteiger partial charge >= 0.3 is 0 Å². The molecule has 0 saturated heterocycles. The van der Waals surface area contributed by atoms with Gasteiger partial charge in [-0.25, -0.2) is 4.98 Å². The number of pyridine rings is 1. The van der Waals surface area contributed by atoms with Crippen molar-refractivity contribution in [2.75, 3.05) is 5.73 Å². The van der Waals surface area contributed by atoms with Crippen LogP contribution in [-0.2, 0) is 0 Å². The maximum absolute atomic E-state index is 10.7. The minimum absolute atomic E-state index is 0.0787. The lowest BCUT2D eigenvalue weighted by Crippen LogP contribution is -2.05. The molecular weight excluding hydrogens is 236 g/mol. The van der Waals surface area contributed by atoms with Crippen molar-refractivity contribution in [2.24, 2.45) is 0 Å². The summed E-state index contributed by atoms with van der Waals surface area (Å²) in [5, 5.41) is 23.3. The number of anilines is 1. The zero-order valence-electron chi connectivity index (χ0n) is 9.36. The van der Waals surface area contributed by atoms with Crippen molar-refractivity contribution in [2.45, 2.75) is 6.92 Å². The first-order valence-corrected chi connectivity index (χ1v) is 4.89. The van der Waals surface area contributed by atoms with Gasteiger partial charge in [0.25, 0.3) is 5.69 Å². The molecule has 0 saturated carbocycles. The zero-order valence-corrected chi connectivity index (χ0v) is 9.36. The topological polar surface area (TPSA) is 124 Å². The number of nitriles is 1. The molecule has 2 aromatic rings. The van der Waals surface area contributed by atoms with Crippen molar-refractivity contribution in [1.29, 1.82) is 5.26 Å². The van der Waals surface area contributed by atoms with Gasteiger partial charge in [-0.2, -0.15) is 15.0 Å². The van der Waals surface area contributed by atoms with Crippen LogP contribution in [0, 0.1) is 28.4 Å². The predicted molar refractivity (Wildman–Crippen MR) is 61.9 cm³/mol. The lowest BCUT2D eigenvalue weighted by atomic mass is 10.2. The molecule has 0 amide bonds. The molecule has 0 aliphatic carbocycles. The van der Waals surface area contributed by atoms with Crippen LogP contribution in [0.3, 0.4) is 0 Å². The van der Waals surface area contributed by atoms with E-state index < -0.39 is 4.92 Å². The Kier molecular flexibility index (Phi) is 2.65. The first kappa shape index (κ1) is 11.5. The molecule has 0 aromatic carbocycles. The van der Waals surface area contributed by atoms with E-state index in [9.17, 15) is 10.1 Å². The Morgan fingerprint density at radius 3 is 2.78 bits per heavy atom. The van der Waals surface area contributed by atoms with E-state index in [1.54, 1.807) is 6.92 Å². The molecular formula is C10H8N6O2. The van der Waals surface area contributed by atoms with Gasteiger partial charge in [-0.3, -0.25) is 10.1 Å². The highest BCUT2D eigenvalue weighted by atomic mass is 16.6. The standard InChI is InChI=1S/C10H8N6O2/c1-6-2-9(13-5-8(6)16(17)18)15-10(12)7(3-11)4-14-15/h2,4-5H,12H2,1H3. The monoisotopic (exact) mass is 244 g/mol. The van der Waals surface area contributed by atoms with E-state index >= 15 is 0 Å². The van der Waals surface area contributed by atoms with Crippen LogP contribution in [0.1, 0.15) is 11.1 Å². The van der Waals surface area contributed by atoms with Crippen molar-refractivity contribution < 1.29 is 4.92 Å². The van der Waals surface area contributed by atoms with Crippen LogP contribution in [-0.4, -0.2) is 19.7 Å². The third-order valence-corrected chi connectivity index (χ3v) is 2.41. The summed E-state index contributed by atoms with van der Waals surface area (Å²) in [4.78, 5) is 14.1. The van der Waals surface area contributed by atoms with Gasteiger partial charge in [-0.05, 0) is 13.0 Å². The fraction of sp³-hybridized carbons (Fsp3) is 0.100. The number of nitrogen functional groups attached to an aromatic ring is 1. The number of hydrogen-bond donors (Lipinski definition) is 1. The summed E-state index contributed by atoms with van der Waals surface area (Å²) in [7, 11) is 0. The number of hydrogen-bond acceptors (Lipinski definition) is 6. The Morgan fingerprint density at radius 1 is 1.56 bits per heavy atom. The molecule has 8 nitrogen and oxygen atoms in total. The Bertz CT molecular complexity index is 669. The van der Waals surface area contributed by atoms with Gasteiger partial charge in [0.1, 0.15) is 23.6 Å². The molecule has 8 heteroatoms. The van der Waals surface area contributed by atoms with E-state index in [1.807, 2.05) is 6.07 Å². The van der Waals surface area contributed by atoms with Crippen LogP contribution in [0.2, 0.25) is 0 Å². The second kappa shape index (κ2) is 4.14. The summed E-state index contributed by atoms with van der Waals surface area (Å²) in [5.41, 5.74) is 6.29. The number of nitro groups is 1. The van der Waals surface area contributed by atoms with E-state index in [0.29, 0.717) is 11.4 Å². The predicted octanol–water partition coefficient (Wildman–Crippen LogP) is 0.938. The van der Waals surface area contributed by atoms with Crippen LogP contribution in [0.25, 0.3) is 5.82 Å². The summed E-state index contributed by atoms with van der Waals surface area (Å²) in [6.07, 6.45) is 2.45. The first-order chi connectivity index (χ1) is 8.54. The SMILES string of the molecule is Cc1cc(-n2ncc(C#N)c2N)ncc1[N+](=O)[O-]. The quantitative estimate of drug-likeness (QED) is 0.619. The van der Waals surface area contributed by atoms with Gasteiger partial charge in [0.05, 0.1) is 11.1 Å². The molecule has 2 rings (SSSR count). The lowest BCUT2D eigenvalue weighted by Gasteiger charge is -2.04. The van der Waals surface area contributed by atoms with E-state index in [1.165, 1.54) is 16.9 Å². The molecule has 2 N–H and O–H groups in total. The minimum atomic E-state index is -0.515. The minimum Gasteiger partial charge on any atom is -0.382 e. The number of nitrogens with two attached hydrogens (primary N) is 1. The van der Waals surface area contributed by atoms with Crippen LogP contribution in [0.4, 0.5) is 11.5 Å². The molecule has 2 heterocycles. The molecule has 0 fully saturated rings. The zero-order chi connectivity index (χ0) is 13.3. The summed E-state index contributed by atoms with van der Waals surface area (Å²) >= 11 is 0. The van der Waals surface area contributed by atoms with Gasteiger partial charge in [0, 0.05) is 5.56 Å². The van der Waals surface area contributed by atoms with Crippen molar-refractivity contribution in [3.05, 3.63) is 39.7 Å². The van der Waals surface area contributed by atoms with Crippen LogP contribution >= 0.6 is 0 Å². The highest BCUT2D eigenvalue weighted by molar-refractivity contribution is 5.52. The molecule has 0 bridgehead atoms. The maximum Gasteiger partial charge on any atom is 0.290 e. The molecule has 0 aliphatic rings. The molecule has 0 atom stereocenters. The molecule has 2 aromatic heterocycles. The third kappa shape index (κ3) is 1.73. The van der Waals surface area contributed by atoms with Crippen molar-refractivity contribution in [3.8, 4) is 11.9 Å². The second-order valence-corrected chi connectivity index (χ2v) is 3.55. The average Bonchev–Trinajstić information content (AvgIpc) is 2.69. The van der Waals surface area contributed by atoms with Crippen molar-refractivity contribution in [3.63, 3.8) is 0 Å². The normalized spacial score (nSPS) is 10.0. The Balaban J connectivity index is 2.53. The van der Waals surface area contributed by atoms with E-state index in [0.717, 1.165) is 6.20 Å². The molecule has 0 aliphatic heterocycles. The Morgan fingerprint density at radius 2 is 2.28 bits per heavy atom. The molecule has 0 spiro atoms. The lowest BCUT2D eigenvalue weighted by molar-refractivity contribution is -0.385. The molecule has 90 valence electrons. The molecule has 0 unspecified atom stereocenters. The first-order valence-electron chi connectivity index (χ1n) is 4.89. The average molecular weight is 244 g/mol. The van der Waals surface area contributed by atoms with Crippen LogP contribution in [0.15, 0.2) is 18.5 Å². The Hall–Kier alpha value is -2.95. The number of aromatic nitrogens is 3. The number of nitrogens with zero attached hydrogens (tertiary/aromatic N) is 5. The maximum atomic E-state index is 10.7. The summed E-state index contributed by atoms with van der Waals surface area (Å²) in [5.74, 6) is 0.482. The fourth-order valence-electron chi connectivity index (χ4n) is 1.47. The number of aryl methyl sites for hydroxylation is 1. The van der Waals surface area contributed by atoms with Crippen molar-refractivity contribution in [1.82, 2.24) is 14.8 Å². The van der Waals surface area contributed by atoms with Crippen LogP contribution in [0.5, 0.6) is 0 Å². The van der Waals surface area contributed by atoms with Crippen LogP contribution < -0.4 is 5.73 Å². The van der Waals surface area contributed by atoms with Crippen molar-refractivity contribution >= 4 is 11.5 Å². The van der Waals surface area contributed by atoms with Gasteiger partial charge in [-0.15, -0.1) is 0 Å². The number of rotatable bonds is 2. The summed E-state index contributed by atoms with van der Waals surface area (Å²) in [6.45, 7) is 1.59. The summed E-state index contributed by atoms with van der Waals surface area (Å²) < 4.78 is 1.26. The van der Waals surface area contributed by atoms with Gasteiger partial charge in [0.2, 0.25) is 0 Å². The highest BCUT2D eigenvalue weighted by Gasteiger charge is 2.15. The van der Waals surface area contributed by atoms with E-state index in [2.05, 4.69) is 10.1 Å². The van der Waals surface area contributed by atoms with E-state index in [-0.39, 0.29) is 17.1 Å². The fourth-order valence-corrected chi connectivity index (χ4v) is 1.47. The van der Waals surface area contributed by atoms with Gasteiger partial charge in [-0.1, -0.05) is 0 Å². The molecule has 18 heavy (non-hydrogen) atoms.